The van der Waals surface area contributed by atoms with E-state index in [0.717, 1.165) is 17.0 Å². The molecule has 5 aromatic rings. The van der Waals surface area contributed by atoms with E-state index >= 15 is 0 Å². The SMILES string of the molecule is Cc1cc2c(F)c(Oc3ncnc(Nc4ccc5[nH]ccc5c4)c3C#N)cc(F)c2[nH]1. The smallest absolute Gasteiger partial charge is 0.242 e. The Balaban J connectivity index is 1.53. The molecule has 5 rings (SSSR count). The fourth-order valence-corrected chi connectivity index (χ4v) is 3.42. The van der Waals surface area contributed by atoms with Crippen molar-refractivity contribution in [3.8, 4) is 17.7 Å². The zero-order valence-corrected chi connectivity index (χ0v) is 16.1. The third kappa shape index (κ3) is 3.20. The quantitative estimate of drug-likeness (QED) is 0.362. The van der Waals surface area contributed by atoms with Gasteiger partial charge in [-0.1, -0.05) is 0 Å². The van der Waals surface area contributed by atoms with Crippen LogP contribution < -0.4 is 10.1 Å². The van der Waals surface area contributed by atoms with Gasteiger partial charge in [0, 0.05) is 39.9 Å². The van der Waals surface area contributed by atoms with Crippen LogP contribution in [0, 0.1) is 29.9 Å². The second-order valence-corrected chi connectivity index (χ2v) is 6.93. The van der Waals surface area contributed by atoms with Gasteiger partial charge in [-0.3, -0.25) is 0 Å². The summed E-state index contributed by atoms with van der Waals surface area (Å²) in [5.41, 5.74) is 2.27. The molecule has 0 saturated carbocycles. The summed E-state index contributed by atoms with van der Waals surface area (Å²) in [6, 6.07) is 11.9. The number of nitrogens with zero attached hydrogens (tertiary/aromatic N) is 3. The van der Waals surface area contributed by atoms with Gasteiger partial charge in [0.05, 0.1) is 5.52 Å². The molecule has 31 heavy (non-hydrogen) atoms. The number of anilines is 2. The first kappa shape index (κ1) is 18.6. The van der Waals surface area contributed by atoms with E-state index in [1.165, 1.54) is 12.4 Å². The van der Waals surface area contributed by atoms with Crippen LogP contribution in [-0.2, 0) is 0 Å². The van der Waals surface area contributed by atoms with Crippen LogP contribution in [0.25, 0.3) is 21.8 Å². The van der Waals surface area contributed by atoms with Crippen molar-refractivity contribution < 1.29 is 13.5 Å². The Kier molecular flexibility index (Phi) is 4.26. The van der Waals surface area contributed by atoms with Gasteiger partial charge in [-0.25, -0.2) is 18.7 Å². The Morgan fingerprint density at radius 1 is 1.13 bits per heavy atom. The van der Waals surface area contributed by atoms with Crippen molar-refractivity contribution in [2.75, 3.05) is 5.32 Å². The summed E-state index contributed by atoms with van der Waals surface area (Å²) in [4.78, 5) is 13.9. The predicted octanol–water partition coefficient (Wildman–Crippen LogP) is 5.43. The number of aryl methyl sites for hydroxylation is 1. The van der Waals surface area contributed by atoms with Crippen molar-refractivity contribution >= 4 is 33.3 Å². The van der Waals surface area contributed by atoms with Crippen LogP contribution >= 0.6 is 0 Å². The normalized spacial score (nSPS) is 11.0. The average Bonchev–Trinajstić information content (AvgIpc) is 3.38. The number of hydrogen-bond donors (Lipinski definition) is 3. The number of fused-ring (bicyclic) bond motifs is 2. The van der Waals surface area contributed by atoms with Gasteiger partial charge in [0.15, 0.2) is 28.8 Å². The summed E-state index contributed by atoms with van der Waals surface area (Å²) in [6.45, 7) is 1.69. The third-order valence-electron chi connectivity index (χ3n) is 4.85. The van der Waals surface area contributed by atoms with Gasteiger partial charge >= 0.3 is 0 Å². The summed E-state index contributed by atoms with van der Waals surface area (Å²) in [5, 5.41) is 13.7. The third-order valence-corrected chi connectivity index (χ3v) is 4.85. The van der Waals surface area contributed by atoms with E-state index in [9.17, 15) is 14.0 Å². The van der Waals surface area contributed by atoms with Crippen LogP contribution in [0.2, 0.25) is 0 Å². The molecule has 0 radical (unpaired) electrons. The van der Waals surface area contributed by atoms with Crippen molar-refractivity contribution in [1.82, 2.24) is 19.9 Å². The molecular weight excluding hydrogens is 402 g/mol. The Hall–Kier alpha value is -4.45. The first-order valence-corrected chi connectivity index (χ1v) is 9.28. The Bertz CT molecular complexity index is 1500. The van der Waals surface area contributed by atoms with Crippen molar-refractivity contribution in [3.63, 3.8) is 0 Å². The van der Waals surface area contributed by atoms with E-state index in [1.54, 1.807) is 6.92 Å². The maximum absolute atomic E-state index is 14.9. The molecule has 0 fully saturated rings. The van der Waals surface area contributed by atoms with Crippen LogP contribution in [0.4, 0.5) is 20.3 Å². The highest BCUT2D eigenvalue weighted by Crippen LogP contribution is 2.34. The van der Waals surface area contributed by atoms with E-state index in [4.69, 9.17) is 4.74 Å². The van der Waals surface area contributed by atoms with E-state index in [2.05, 4.69) is 25.3 Å². The minimum absolute atomic E-state index is 0.0400. The monoisotopic (exact) mass is 416 g/mol. The molecule has 3 aromatic heterocycles. The molecule has 0 aliphatic heterocycles. The molecule has 0 aliphatic carbocycles. The number of benzene rings is 2. The Labute approximate surface area is 174 Å². The molecule has 3 N–H and O–H groups in total. The highest BCUT2D eigenvalue weighted by molar-refractivity contribution is 5.85. The van der Waals surface area contributed by atoms with Gasteiger partial charge in [0.2, 0.25) is 5.88 Å². The van der Waals surface area contributed by atoms with Crippen molar-refractivity contribution in [2.24, 2.45) is 0 Å². The van der Waals surface area contributed by atoms with E-state index in [1.807, 2.05) is 36.5 Å². The van der Waals surface area contributed by atoms with E-state index in [0.29, 0.717) is 11.4 Å². The zero-order valence-electron chi connectivity index (χ0n) is 16.1. The highest BCUT2D eigenvalue weighted by Gasteiger charge is 2.20. The average molecular weight is 416 g/mol. The number of aromatic nitrogens is 4. The molecule has 7 nitrogen and oxygen atoms in total. The number of nitrogens with one attached hydrogen (secondary N) is 3. The standard InChI is InChI=1S/C22H14F2N6O/c1-11-6-14-19(24)18(8-16(23)20(14)29-11)31-22-15(9-25)21(27-10-28-22)30-13-2-3-17-12(7-13)4-5-26-17/h2-8,10,26,29H,1H3,(H,27,28,30). The van der Waals surface area contributed by atoms with E-state index < -0.39 is 11.6 Å². The number of halogens is 2. The van der Waals surface area contributed by atoms with Gasteiger partial charge in [0.1, 0.15) is 12.4 Å². The largest absolute Gasteiger partial charge is 0.434 e. The molecule has 0 bridgehead atoms. The van der Waals surface area contributed by atoms with E-state index in [-0.39, 0.29) is 33.9 Å². The van der Waals surface area contributed by atoms with Crippen LogP contribution in [0.3, 0.4) is 0 Å². The molecular formula is C22H14F2N6O. The minimum atomic E-state index is -0.754. The predicted molar refractivity (Wildman–Crippen MR) is 111 cm³/mol. The molecule has 2 aromatic carbocycles. The molecule has 0 unspecified atom stereocenters. The summed E-state index contributed by atoms with van der Waals surface area (Å²) in [7, 11) is 0. The Morgan fingerprint density at radius 3 is 2.84 bits per heavy atom. The molecule has 0 aliphatic rings. The van der Waals surface area contributed by atoms with Crippen molar-refractivity contribution in [1.29, 1.82) is 5.26 Å². The minimum Gasteiger partial charge on any atom is -0.434 e. The summed E-state index contributed by atoms with van der Waals surface area (Å²) in [6.07, 6.45) is 3.00. The lowest BCUT2D eigenvalue weighted by atomic mass is 10.2. The molecule has 0 atom stereocenters. The number of ether oxygens (including phenoxy) is 1. The fraction of sp³-hybridized carbons (Fsp3) is 0.0455. The maximum atomic E-state index is 14.9. The van der Waals surface area contributed by atoms with Gasteiger partial charge in [0.25, 0.3) is 0 Å². The molecule has 3 heterocycles. The van der Waals surface area contributed by atoms with Gasteiger partial charge in [-0.05, 0) is 37.3 Å². The lowest BCUT2D eigenvalue weighted by Gasteiger charge is -2.12. The summed E-state index contributed by atoms with van der Waals surface area (Å²) < 4.78 is 34.8. The molecule has 0 saturated heterocycles. The topological polar surface area (TPSA) is 102 Å². The second kappa shape index (κ2) is 7.11. The number of hydrogen-bond acceptors (Lipinski definition) is 5. The maximum Gasteiger partial charge on any atom is 0.242 e. The van der Waals surface area contributed by atoms with Crippen molar-refractivity contribution in [2.45, 2.75) is 6.92 Å². The molecule has 0 spiro atoms. The zero-order chi connectivity index (χ0) is 21.5. The van der Waals surface area contributed by atoms with Crippen molar-refractivity contribution in [3.05, 3.63) is 71.8 Å². The number of rotatable bonds is 4. The van der Waals surface area contributed by atoms with Crippen LogP contribution in [-0.4, -0.2) is 19.9 Å². The summed E-state index contributed by atoms with van der Waals surface area (Å²) >= 11 is 0. The number of H-pyrrole nitrogens is 2. The van der Waals surface area contributed by atoms with Gasteiger partial charge in [-0.2, -0.15) is 5.26 Å². The lowest BCUT2D eigenvalue weighted by Crippen LogP contribution is -2.02. The van der Waals surface area contributed by atoms with Crippen LogP contribution in [0.1, 0.15) is 11.3 Å². The number of aromatic amines is 2. The van der Waals surface area contributed by atoms with Crippen LogP contribution in [0.5, 0.6) is 11.6 Å². The first-order valence-electron chi connectivity index (χ1n) is 9.28. The second-order valence-electron chi connectivity index (χ2n) is 6.93. The summed E-state index contributed by atoms with van der Waals surface area (Å²) in [5.74, 6) is -1.81. The lowest BCUT2D eigenvalue weighted by molar-refractivity contribution is 0.424. The number of nitriles is 1. The molecule has 0 amide bonds. The van der Waals surface area contributed by atoms with Crippen LogP contribution in [0.15, 0.2) is 48.9 Å². The Morgan fingerprint density at radius 2 is 2.00 bits per heavy atom. The highest BCUT2D eigenvalue weighted by atomic mass is 19.1. The molecule has 152 valence electrons. The van der Waals surface area contributed by atoms with Gasteiger partial charge in [-0.15, -0.1) is 0 Å². The fourth-order valence-electron chi connectivity index (χ4n) is 3.42. The van der Waals surface area contributed by atoms with Gasteiger partial charge < -0.3 is 20.0 Å². The first-order chi connectivity index (χ1) is 15.0. The molecule has 9 heteroatoms.